The zero-order valence-corrected chi connectivity index (χ0v) is 16.3. The van der Waals surface area contributed by atoms with Crippen LogP contribution in [0.2, 0.25) is 0 Å². The molecular weight excluding hydrogens is 354 g/mol. The molecule has 1 amide bonds. The van der Waals surface area contributed by atoms with E-state index < -0.39 is 0 Å². The van der Waals surface area contributed by atoms with E-state index >= 15 is 0 Å². The summed E-state index contributed by atoms with van der Waals surface area (Å²) in [6.45, 7) is 3.92. The number of hydrogen-bond acceptors (Lipinski definition) is 3. The molecule has 0 unspecified atom stereocenters. The third-order valence-corrected chi connectivity index (χ3v) is 6.77. The van der Waals surface area contributed by atoms with Gasteiger partial charge >= 0.3 is 0 Å². The number of rotatable bonds is 6. The van der Waals surface area contributed by atoms with Crippen LogP contribution < -0.4 is 5.32 Å². The van der Waals surface area contributed by atoms with Crippen LogP contribution in [0.1, 0.15) is 46.1 Å². The summed E-state index contributed by atoms with van der Waals surface area (Å²) in [6.07, 6.45) is 9.09. The maximum atomic E-state index is 12.4. The number of aromatic nitrogens is 1. The Balaban J connectivity index is 1.10. The first-order valence-electron chi connectivity index (χ1n) is 9.94. The molecule has 1 aromatic carbocycles. The quantitative estimate of drug-likeness (QED) is 0.651. The predicted molar refractivity (Wildman–Crippen MR) is 110 cm³/mol. The van der Waals surface area contributed by atoms with Gasteiger partial charge in [-0.2, -0.15) is 0 Å². The average Bonchev–Trinajstić information content (AvgIpc) is 3.34. The van der Waals surface area contributed by atoms with Crippen LogP contribution >= 0.6 is 11.3 Å². The SMILES string of the molecule is O=C(NCCCN1CCc2ccccc2C1)c1cc2cn(C3CC3)cc2s1. The van der Waals surface area contributed by atoms with E-state index in [-0.39, 0.29) is 5.91 Å². The summed E-state index contributed by atoms with van der Waals surface area (Å²) in [5.74, 6) is 0.0677. The number of hydrogen-bond donors (Lipinski definition) is 1. The second-order valence-electron chi connectivity index (χ2n) is 7.77. The molecular formula is C22H25N3OS. The number of nitrogens with one attached hydrogen (secondary N) is 1. The van der Waals surface area contributed by atoms with E-state index in [4.69, 9.17) is 0 Å². The molecule has 0 atom stereocenters. The molecule has 5 rings (SSSR count). The summed E-state index contributed by atoms with van der Waals surface area (Å²) in [6, 6.07) is 11.5. The van der Waals surface area contributed by atoms with E-state index in [2.05, 4.69) is 51.4 Å². The van der Waals surface area contributed by atoms with Gasteiger partial charge < -0.3 is 9.88 Å². The molecule has 0 radical (unpaired) electrons. The number of fused-ring (bicyclic) bond motifs is 2. The number of benzene rings is 1. The molecule has 5 heteroatoms. The zero-order chi connectivity index (χ0) is 18.2. The minimum atomic E-state index is 0.0677. The number of amides is 1. The summed E-state index contributed by atoms with van der Waals surface area (Å²) < 4.78 is 3.53. The van der Waals surface area contributed by atoms with Gasteiger partial charge in [-0.05, 0) is 42.9 Å². The van der Waals surface area contributed by atoms with Crippen LogP contribution in [0.3, 0.4) is 0 Å². The highest BCUT2D eigenvalue weighted by Crippen LogP contribution is 2.38. The summed E-state index contributed by atoms with van der Waals surface area (Å²) in [5, 5.41) is 4.29. The molecule has 4 nitrogen and oxygen atoms in total. The number of nitrogens with zero attached hydrogens (tertiary/aromatic N) is 2. The summed E-state index contributed by atoms with van der Waals surface area (Å²) in [4.78, 5) is 15.8. The Morgan fingerprint density at radius 3 is 2.85 bits per heavy atom. The third kappa shape index (κ3) is 3.66. The molecule has 1 aliphatic carbocycles. The van der Waals surface area contributed by atoms with Crippen molar-refractivity contribution in [1.29, 1.82) is 0 Å². The van der Waals surface area contributed by atoms with Crippen molar-refractivity contribution >= 4 is 27.3 Å². The number of thiophene rings is 1. The molecule has 2 aromatic heterocycles. The molecule has 3 aromatic rings. The largest absolute Gasteiger partial charge is 0.351 e. The maximum absolute atomic E-state index is 12.4. The van der Waals surface area contributed by atoms with Gasteiger partial charge in [-0.1, -0.05) is 24.3 Å². The predicted octanol–water partition coefficient (Wildman–Crippen LogP) is 4.22. The van der Waals surface area contributed by atoms with Crippen molar-refractivity contribution < 1.29 is 4.79 Å². The molecule has 1 aliphatic heterocycles. The van der Waals surface area contributed by atoms with Crippen molar-refractivity contribution in [2.75, 3.05) is 19.6 Å². The number of carbonyl (C=O) groups excluding carboxylic acids is 1. The Hall–Kier alpha value is -2.11. The van der Waals surface area contributed by atoms with Crippen molar-refractivity contribution in [3.05, 3.63) is 58.7 Å². The molecule has 27 heavy (non-hydrogen) atoms. The topological polar surface area (TPSA) is 37.3 Å². The average molecular weight is 380 g/mol. The maximum Gasteiger partial charge on any atom is 0.261 e. The van der Waals surface area contributed by atoms with Crippen molar-refractivity contribution in [3.8, 4) is 0 Å². The van der Waals surface area contributed by atoms with Gasteiger partial charge in [0.1, 0.15) is 0 Å². The summed E-state index contributed by atoms with van der Waals surface area (Å²) >= 11 is 1.61. The molecule has 1 fully saturated rings. The standard InChI is InChI=1S/C22H25N3OS/c26-22(20-12-18-14-25(19-6-7-19)15-21(18)27-20)23-9-3-10-24-11-8-16-4-1-2-5-17(16)13-24/h1-2,4-5,12,14-15,19H,3,6-11,13H2,(H,23,26). The fourth-order valence-corrected chi connectivity index (χ4v) is 4.98. The fraction of sp³-hybridized carbons (Fsp3) is 0.409. The van der Waals surface area contributed by atoms with Gasteiger partial charge in [-0.25, -0.2) is 0 Å². The van der Waals surface area contributed by atoms with Crippen LogP contribution in [0.4, 0.5) is 0 Å². The van der Waals surface area contributed by atoms with Crippen LogP contribution in [0.5, 0.6) is 0 Å². The van der Waals surface area contributed by atoms with Gasteiger partial charge in [-0.15, -0.1) is 11.3 Å². The monoisotopic (exact) mass is 379 g/mol. The lowest BCUT2D eigenvalue weighted by molar-refractivity contribution is 0.0955. The Morgan fingerprint density at radius 2 is 2.04 bits per heavy atom. The summed E-state index contributed by atoms with van der Waals surface area (Å²) in [7, 11) is 0. The highest BCUT2D eigenvalue weighted by Gasteiger charge is 2.24. The lowest BCUT2D eigenvalue weighted by atomic mass is 10.00. The first-order chi connectivity index (χ1) is 13.3. The Labute approximate surface area is 163 Å². The smallest absolute Gasteiger partial charge is 0.261 e. The van der Waals surface area contributed by atoms with E-state index in [0.717, 1.165) is 43.9 Å². The number of carbonyl (C=O) groups is 1. The Bertz CT molecular complexity index is 938. The highest BCUT2D eigenvalue weighted by molar-refractivity contribution is 7.20. The highest BCUT2D eigenvalue weighted by atomic mass is 32.1. The van der Waals surface area contributed by atoms with Crippen molar-refractivity contribution in [3.63, 3.8) is 0 Å². The zero-order valence-electron chi connectivity index (χ0n) is 15.5. The minimum Gasteiger partial charge on any atom is -0.351 e. The van der Waals surface area contributed by atoms with E-state index in [9.17, 15) is 4.79 Å². The molecule has 1 saturated carbocycles. The Morgan fingerprint density at radius 1 is 1.19 bits per heavy atom. The van der Waals surface area contributed by atoms with Crippen LogP contribution in [-0.2, 0) is 13.0 Å². The van der Waals surface area contributed by atoms with Crippen LogP contribution in [0, 0.1) is 0 Å². The molecule has 3 heterocycles. The van der Waals surface area contributed by atoms with E-state index in [1.165, 1.54) is 34.1 Å². The molecule has 140 valence electrons. The van der Waals surface area contributed by atoms with Crippen LogP contribution in [-0.4, -0.2) is 35.0 Å². The summed E-state index contributed by atoms with van der Waals surface area (Å²) in [5.41, 5.74) is 2.94. The molecule has 0 spiro atoms. The Kier molecular flexibility index (Phi) is 4.50. The molecule has 1 N–H and O–H groups in total. The van der Waals surface area contributed by atoms with Gasteiger partial charge in [0.25, 0.3) is 5.91 Å². The van der Waals surface area contributed by atoms with Gasteiger partial charge in [0, 0.05) is 50.0 Å². The van der Waals surface area contributed by atoms with Crippen molar-refractivity contribution in [1.82, 2.24) is 14.8 Å². The minimum absolute atomic E-state index is 0.0677. The normalized spacial score (nSPS) is 17.2. The van der Waals surface area contributed by atoms with E-state index in [1.807, 2.05) is 6.07 Å². The second-order valence-corrected chi connectivity index (χ2v) is 8.85. The molecule has 2 aliphatic rings. The van der Waals surface area contributed by atoms with Crippen molar-refractivity contribution in [2.45, 2.75) is 38.3 Å². The first kappa shape index (κ1) is 17.0. The lowest BCUT2D eigenvalue weighted by Gasteiger charge is -2.28. The fourth-order valence-electron chi connectivity index (χ4n) is 3.99. The van der Waals surface area contributed by atoms with Gasteiger partial charge in [0.2, 0.25) is 0 Å². The van der Waals surface area contributed by atoms with Crippen LogP contribution in [0.25, 0.3) is 10.1 Å². The first-order valence-corrected chi connectivity index (χ1v) is 10.8. The lowest BCUT2D eigenvalue weighted by Crippen LogP contribution is -2.33. The van der Waals surface area contributed by atoms with Gasteiger partial charge in [0.05, 0.1) is 9.58 Å². The van der Waals surface area contributed by atoms with Crippen molar-refractivity contribution in [2.24, 2.45) is 0 Å². The van der Waals surface area contributed by atoms with Gasteiger partial charge in [0.15, 0.2) is 0 Å². The molecule has 0 saturated heterocycles. The third-order valence-electron chi connectivity index (χ3n) is 5.68. The van der Waals surface area contributed by atoms with E-state index in [0.29, 0.717) is 6.04 Å². The molecule has 0 bridgehead atoms. The second kappa shape index (κ2) is 7.13. The van der Waals surface area contributed by atoms with Gasteiger partial charge in [-0.3, -0.25) is 9.69 Å². The van der Waals surface area contributed by atoms with Crippen LogP contribution in [0.15, 0.2) is 42.7 Å². The van der Waals surface area contributed by atoms with E-state index in [1.54, 1.807) is 11.3 Å².